The van der Waals surface area contributed by atoms with E-state index >= 15 is 0 Å². The molecule has 0 rings (SSSR count). The molecule has 3 amide bonds. The second kappa shape index (κ2) is 8.06. The zero-order chi connectivity index (χ0) is 12.6. The SMILES string of the molecule is CCCCN(CCN)C(C)C(=O)NC(N)=O. The third-order valence-electron chi connectivity index (χ3n) is 2.39. The van der Waals surface area contributed by atoms with Crippen molar-refractivity contribution in [3.8, 4) is 0 Å². The van der Waals surface area contributed by atoms with Crippen molar-refractivity contribution in [1.29, 1.82) is 0 Å². The molecule has 0 aliphatic heterocycles. The Bertz CT molecular complexity index is 233. The molecule has 0 aromatic heterocycles. The topological polar surface area (TPSA) is 101 Å². The number of hydrogen-bond donors (Lipinski definition) is 3. The van der Waals surface area contributed by atoms with E-state index in [1.807, 2.05) is 4.90 Å². The van der Waals surface area contributed by atoms with Crippen molar-refractivity contribution in [3.05, 3.63) is 0 Å². The standard InChI is InChI=1S/C10H22N4O2/c1-3-4-6-14(7-5-11)8(2)9(15)13-10(12)16/h8H,3-7,11H2,1-2H3,(H3,12,13,15,16). The number of primary amides is 1. The molecule has 0 radical (unpaired) electrons. The number of carbonyl (C=O) groups excluding carboxylic acids is 2. The van der Waals surface area contributed by atoms with Gasteiger partial charge in [0.05, 0.1) is 6.04 Å². The minimum atomic E-state index is -0.819. The van der Waals surface area contributed by atoms with Gasteiger partial charge in [0.2, 0.25) is 5.91 Å². The maximum absolute atomic E-state index is 11.5. The first-order chi connectivity index (χ1) is 7.52. The fourth-order valence-corrected chi connectivity index (χ4v) is 1.42. The summed E-state index contributed by atoms with van der Waals surface area (Å²) in [6.07, 6.45) is 2.04. The molecule has 94 valence electrons. The van der Waals surface area contributed by atoms with Crippen molar-refractivity contribution in [2.75, 3.05) is 19.6 Å². The first-order valence-electron chi connectivity index (χ1n) is 5.57. The van der Waals surface area contributed by atoms with Crippen LogP contribution < -0.4 is 16.8 Å². The molecule has 0 fully saturated rings. The Morgan fingerprint density at radius 3 is 2.44 bits per heavy atom. The van der Waals surface area contributed by atoms with Crippen LogP contribution in [0.15, 0.2) is 0 Å². The van der Waals surface area contributed by atoms with Crippen molar-refractivity contribution in [1.82, 2.24) is 10.2 Å². The quantitative estimate of drug-likeness (QED) is 0.555. The van der Waals surface area contributed by atoms with Crippen molar-refractivity contribution < 1.29 is 9.59 Å². The van der Waals surface area contributed by atoms with E-state index in [2.05, 4.69) is 12.2 Å². The molecule has 1 atom stereocenters. The molecule has 5 N–H and O–H groups in total. The van der Waals surface area contributed by atoms with Gasteiger partial charge in [0.15, 0.2) is 0 Å². The molecular weight excluding hydrogens is 208 g/mol. The van der Waals surface area contributed by atoms with Crippen molar-refractivity contribution in [3.63, 3.8) is 0 Å². The van der Waals surface area contributed by atoms with E-state index in [0.29, 0.717) is 13.1 Å². The maximum Gasteiger partial charge on any atom is 0.318 e. The first-order valence-corrected chi connectivity index (χ1v) is 5.57. The minimum absolute atomic E-state index is 0.378. The Hall–Kier alpha value is -1.14. The highest BCUT2D eigenvalue weighted by Gasteiger charge is 2.20. The summed E-state index contributed by atoms with van der Waals surface area (Å²) in [5, 5.41) is 2.08. The van der Waals surface area contributed by atoms with Crippen LogP contribution in [0.25, 0.3) is 0 Å². The fourth-order valence-electron chi connectivity index (χ4n) is 1.42. The Labute approximate surface area is 96.3 Å². The van der Waals surface area contributed by atoms with Crippen LogP contribution in [0.2, 0.25) is 0 Å². The largest absolute Gasteiger partial charge is 0.351 e. The van der Waals surface area contributed by atoms with Gasteiger partial charge in [0.25, 0.3) is 0 Å². The summed E-state index contributed by atoms with van der Waals surface area (Å²) in [5.74, 6) is -0.378. The number of nitrogens with one attached hydrogen (secondary N) is 1. The van der Waals surface area contributed by atoms with Crippen LogP contribution in [0.1, 0.15) is 26.7 Å². The van der Waals surface area contributed by atoms with Gasteiger partial charge in [0, 0.05) is 13.1 Å². The maximum atomic E-state index is 11.5. The molecule has 0 saturated heterocycles. The van der Waals surface area contributed by atoms with Gasteiger partial charge < -0.3 is 11.5 Å². The normalized spacial score (nSPS) is 12.5. The molecule has 0 aromatic carbocycles. The number of carbonyl (C=O) groups is 2. The highest BCUT2D eigenvalue weighted by Crippen LogP contribution is 2.01. The van der Waals surface area contributed by atoms with E-state index in [4.69, 9.17) is 11.5 Å². The van der Waals surface area contributed by atoms with Crippen LogP contribution in [-0.4, -0.2) is 42.5 Å². The van der Waals surface area contributed by atoms with Gasteiger partial charge >= 0.3 is 6.03 Å². The van der Waals surface area contributed by atoms with Crippen LogP contribution in [0, 0.1) is 0 Å². The molecule has 0 aliphatic carbocycles. The lowest BCUT2D eigenvalue weighted by Gasteiger charge is -2.27. The van der Waals surface area contributed by atoms with Crippen LogP contribution >= 0.6 is 0 Å². The lowest BCUT2D eigenvalue weighted by atomic mass is 10.2. The van der Waals surface area contributed by atoms with Crippen molar-refractivity contribution in [2.24, 2.45) is 11.5 Å². The third kappa shape index (κ3) is 5.67. The van der Waals surface area contributed by atoms with Gasteiger partial charge in [-0.2, -0.15) is 0 Å². The van der Waals surface area contributed by atoms with E-state index < -0.39 is 6.03 Å². The molecule has 0 aliphatic rings. The predicted octanol–water partition coefficient (Wildman–Crippen LogP) is -0.369. The van der Waals surface area contributed by atoms with Crippen LogP contribution in [-0.2, 0) is 4.79 Å². The Morgan fingerprint density at radius 1 is 1.38 bits per heavy atom. The van der Waals surface area contributed by atoms with E-state index in [-0.39, 0.29) is 11.9 Å². The number of amides is 3. The molecule has 0 heterocycles. The number of nitrogens with zero attached hydrogens (tertiary/aromatic N) is 1. The highest BCUT2D eigenvalue weighted by atomic mass is 16.2. The van der Waals surface area contributed by atoms with E-state index in [1.165, 1.54) is 0 Å². The molecule has 0 saturated carbocycles. The average molecular weight is 230 g/mol. The lowest BCUT2D eigenvalue weighted by molar-refractivity contribution is -0.124. The van der Waals surface area contributed by atoms with E-state index in [0.717, 1.165) is 19.4 Å². The first kappa shape index (κ1) is 14.9. The second-order valence-corrected chi connectivity index (χ2v) is 3.71. The van der Waals surface area contributed by atoms with Crippen LogP contribution in [0.3, 0.4) is 0 Å². The average Bonchev–Trinajstić information content (AvgIpc) is 2.22. The zero-order valence-electron chi connectivity index (χ0n) is 10.0. The molecular formula is C10H22N4O2. The Kier molecular flexibility index (Phi) is 7.49. The minimum Gasteiger partial charge on any atom is -0.351 e. The fraction of sp³-hybridized carbons (Fsp3) is 0.800. The molecule has 1 unspecified atom stereocenters. The summed E-state index contributed by atoms with van der Waals surface area (Å²) >= 11 is 0. The molecule has 0 bridgehead atoms. The van der Waals surface area contributed by atoms with E-state index in [9.17, 15) is 9.59 Å². The number of nitrogens with two attached hydrogens (primary N) is 2. The summed E-state index contributed by atoms with van der Waals surface area (Å²) in [4.78, 5) is 24.0. The van der Waals surface area contributed by atoms with Crippen LogP contribution in [0.4, 0.5) is 4.79 Å². The molecule has 0 spiro atoms. The number of rotatable bonds is 7. The highest BCUT2D eigenvalue weighted by molar-refractivity contribution is 5.96. The van der Waals surface area contributed by atoms with Gasteiger partial charge in [-0.15, -0.1) is 0 Å². The summed E-state index contributed by atoms with van der Waals surface area (Å²) in [6.45, 7) is 5.73. The lowest BCUT2D eigenvalue weighted by Crippen LogP contribution is -2.49. The molecule has 6 heteroatoms. The van der Waals surface area contributed by atoms with Gasteiger partial charge in [-0.3, -0.25) is 15.0 Å². The zero-order valence-corrected chi connectivity index (χ0v) is 10.0. The summed E-state index contributed by atoms with van der Waals surface area (Å²) in [5.41, 5.74) is 10.4. The monoisotopic (exact) mass is 230 g/mol. The molecule has 0 aromatic rings. The number of imide groups is 1. The number of unbranched alkanes of at least 4 members (excludes halogenated alkanes) is 1. The summed E-state index contributed by atoms with van der Waals surface area (Å²) < 4.78 is 0. The van der Waals surface area contributed by atoms with Crippen molar-refractivity contribution in [2.45, 2.75) is 32.7 Å². The number of urea groups is 1. The van der Waals surface area contributed by atoms with Gasteiger partial charge in [-0.25, -0.2) is 4.79 Å². The molecule has 16 heavy (non-hydrogen) atoms. The Balaban J connectivity index is 4.28. The number of hydrogen-bond acceptors (Lipinski definition) is 4. The van der Waals surface area contributed by atoms with Gasteiger partial charge in [-0.1, -0.05) is 13.3 Å². The summed E-state index contributed by atoms with van der Waals surface area (Å²) in [7, 11) is 0. The Morgan fingerprint density at radius 2 is 2.00 bits per heavy atom. The van der Waals surface area contributed by atoms with Gasteiger partial charge in [-0.05, 0) is 19.9 Å². The summed E-state index contributed by atoms with van der Waals surface area (Å²) in [6, 6.07) is -1.21. The molecule has 6 nitrogen and oxygen atoms in total. The van der Waals surface area contributed by atoms with Crippen molar-refractivity contribution >= 4 is 11.9 Å². The van der Waals surface area contributed by atoms with Gasteiger partial charge in [0.1, 0.15) is 0 Å². The van der Waals surface area contributed by atoms with Crippen LogP contribution in [0.5, 0.6) is 0 Å². The predicted molar refractivity (Wildman–Crippen MR) is 62.7 cm³/mol. The third-order valence-corrected chi connectivity index (χ3v) is 2.39. The smallest absolute Gasteiger partial charge is 0.318 e. The van der Waals surface area contributed by atoms with E-state index in [1.54, 1.807) is 6.92 Å². The second-order valence-electron chi connectivity index (χ2n) is 3.71.